The number of hydrogen-bond donors (Lipinski definition) is 1. The van der Waals surface area contributed by atoms with E-state index in [1.54, 1.807) is 18.2 Å². The van der Waals surface area contributed by atoms with Gasteiger partial charge in [0, 0.05) is 21.9 Å². The van der Waals surface area contributed by atoms with Crippen LogP contribution in [-0.2, 0) is 4.57 Å². The summed E-state index contributed by atoms with van der Waals surface area (Å²) in [5.74, 6) is -0.351. The molecule has 1 amide bonds. The predicted octanol–water partition coefficient (Wildman–Crippen LogP) is 4.73. The number of ether oxygens (including phenoxy) is 1. The van der Waals surface area contributed by atoms with Gasteiger partial charge in [0.1, 0.15) is 11.6 Å². The fourth-order valence-electron chi connectivity index (χ4n) is 3.52. The molecule has 0 aliphatic rings. The molecule has 4 nitrogen and oxygen atoms in total. The van der Waals surface area contributed by atoms with Gasteiger partial charge in [-0.3, -0.25) is 4.79 Å². The average Bonchev–Trinajstić information content (AvgIpc) is 2.85. The summed E-state index contributed by atoms with van der Waals surface area (Å²) in [5, 5.41) is 4.60. The molecule has 1 N–H and O–H groups in total. The van der Waals surface area contributed by atoms with E-state index >= 15 is 0 Å². The number of carbonyl (C=O) groups excluding carboxylic acids is 1. The standard InChI is InChI=1S/C26H21FNO3P/c1-31-24-17-16-21(28-26(29)19-12-14-20(27)15-13-19)18-25(24)32(30,22-8-4-2-5-9-22)23-10-6-3-7-11-23/h2-18H,1H3,(H,28,29). The maximum Gasteiger partial charge on any atom is 0.255 e. The molecule has 0 saturated heterocycles. The molecule has 0 fully saturated rings. The van der Waals surface area contributed by atoms with E-state index in [0.717, 1.165) is 0 Å². The van der Waals surface area contributed by atoms with Crippen molar-refractivity contribution in [2.75, 3.05) is 12.4 Å². The van der Waals surface area contributed by atoms with Gasteiger partial charge in [-0.05, 0) is 42.5 Å². The fraction of sp³-hybridized carbons (Fsp3) is 0.0385. The molecule has 0 unspecified atom stereocenters. The highest BCUT2D eigenvalue weighted by atomic mass is 31.2. The van der Waals surface area contributed by atoms with Gasteiger partial charge in [-0.15, -0.1) is 0 Å². The number of rotatable bonds is 6. The first-order valence-electron chi connectivity index (χ1n) is 9.99. The minimum atomic E-state index is -3.31. The molecular weight excluding hydrogens is 424 g/mol. The topological polar surface area (TPSA) is 55.4 Å². The minimum absolute atomic E-state index is 0.318. The summed E-state index contributed by atoms with van der Waals surface area (Å²) in [6, 6.07) is 28.8. The summed E-state index contributed by atoms with van der Waals surface area (Å²) in [7, 11) is -1.78. The summed E-state index contributed by atoms with van der Waals surface area (Å²) >= 11 is 0. The molecule has 0 heterocycles. The lowest BCUT2D eigenvalue weighted by Crippen LogP contribution is -2.26. The molecular formula is C26H21FNO3P. The second-order valence-electron chi connectivity index (χ2n) is 7.13. The van der Waals surface area contributed by atoms with Crippen LogP contribution in [0.5, 0.6) is 5.75 Å². The highest BCUT2D eigenvalue weighted by Gasteiger charge is 2.33. The zero-order valence-electron chi connectivity index (χ0n) is 17.4. The van der Waals surface area contributed by atoms with Crippen LogP contribution in [0.25, 0.3) is 0 Å². The van der Waals surface area contributed by atoms with Gasteiger partial charge in [0.15, 0.2) is 7.14 Å². The molecule has 4 rings (SSSR count). The van der Waals surface area contributed by atoms with Crippen molar-refractivity contribution in [3.05, 3.63) is 115 Å². The molecule has 0 radical (unpaired) electrons. The Morgan fingerprint density at radius 3 is 1.91 bits per heavy atom. The van der Waals surface area contributed by atoms with Crippen LogP contribution in [0.4, 0.5) is 10.1 Å². The van der Waals surface area contributed by atoms with Crippen molar-refractivity contribution in [3.8, 4) is 5.75 Å². The van der Waals surface area contributed by atoms with Gasteiger partial charge in [0.05, 0.1) is 12.4 Å². The summed E-state index contributed by atoms with van der Waals surface area (Å²) in [5.41, 5.74) is 0.778. The van der Waals surface area contributed by atoms with Gasteiger partial charge in [0.2, 0.25) is 0 Å². The van der Waals surface area contributed by atoms with Crippen molar-refractivity contribution in [3.63, 3.8) is 0 Å². The van der Waals surface area contributed by atoms with E-state index in [0.29, 0.717) is 32.9 Å². The van der Waals surface area contributed by atoms with Crippen molar-refractivity contribution in [1.82, 2.24) is 0 Å². The first kappa shape index (κ1) is 21.5. The second kappa shape index (κ2) is 9.21. The van der Waals surface area contributed by atoms with Crippen LogP contribution in [0.15, 0.2) is 103 Å². The third-order valence-electron chi connectivity index (χ3n) is 5.12. The number of anilines is 1. The summed E-state index contributed by atoms with van der Waals surface area (Å²) in [4.78, 5) is 12.6. The lowest BCUT2D eigenvalue weighted by atomic mass is 10.2. The Labute approximate surface area is 186 Å². The van der Waals surface area contributed by atoms with Gasteiger partial charge >= 0.3 is 0 Å². The molecule has 0 spiro atoms. The van der Waals surface area contributed by atoms with Crippen molar-refractivity contribution in [1.29, 1.82) is 0 Å². The Morgan fingerprint density at radius 2 is 1.38 bits per heavy atom. The van der Waals surface area contributed by atoms with Gasteiger partial charge < -0.3 is 14.6 Å². The third-order valence-corrected chi connectivity index (χ3v) is 8.20. The Bertz CT molecular complexity index is 1230. The minimum Gasteiger partial charge on any atom is -0.496 e. The second-order valence-corrected chi connectivity index (χ2v) is 9.86. The lowest BCUT2D eigenvalue weighted by Gasteiger charge is -2.23. The molecule has 4 aromatic rings. The Balaban J connectivity index is 1.82. The van der Waals surface area contributed by atoms with Crippen molar-refractivity contribution in [2.45, 2.75) is 0 Å². The van der Waals surface area contributed by atoms with Gasteiger partial charge in [-0.2, -0.15) is 0 Å². The Morgan fingerprint density at radius 1 is 0.812 bits per heavy atom. The quantitative estimate of drug-likeness (QED) is 0.437. The summed E-state index contributed by atoms with van der Waals surface area (Å²) < 4.78 is 33.5. The molecule has 4 aromatic carbocycles. The Hall–Kier alpha value is -3.69. The SMILES string of the molecule is COc1ccc(NC(=O)c2ccc(F)cc2)cc1P(=O)(c1ccccc1)c1ccccc1. The van der Waals surface area contributed by atoms with Crippen LogP contribution < -0.4 is 26.0 Å². The van der Waals surface area contributed by atoms with E-state index < -0.39 is 18.9 Å². The van der Waals surface area contributed by atoms with E-state index in [1.165, 1.54) is 31.4 Å². The smallest absolute Gasteiger partial charge is 0.255 e. The van der Waals surface area contributed by atoms with E-state index in [-0.39, 0.29) is 0 Å². The van der Waals surface area contributed by atoms with Crippen LogP contribution in [0.1, 0.15) is 10.4 Å². The van der Waals surface area contributed by atoms with E-state index in [9.17, 15) is 13.8 Å². The molecule has 0 saturated carbocycles. The summed E-state index contributed by atoms with van der Waals surface area (Å²) in [6.07, 6.45) is 0. The van der Waals surface area contributed by atoms with Crippen LogP contribution >= 0.6 is 7.14 Å². The summed E-state index contributed by atoms with van der Waals surface area (Å²) in [6.45, 7) is 0. The molecule has 160 valence electrons. The molecule has 6 heteroatoms. The van der Waals surface area contributed by atoms with Crippen molar-refractivity contribution < 1.29 is 18.5 Å². The van der Waals surface area contributed by atoms with E-state index in [2.05, 4.69) is 5.32 Å². The molecule has 0 aliphatic heterocycles. The van der Waals surface area contributed by atoms with Gasteiger partial charge in [0.25, 0.3) is 5.91 Å². The number of amides is 1. The molecule has 0 aromatic heterocycles. The highest BCUT2D eigenvalue weighted by molar-refractivity contribution is 7.85. The van der Waals surface area contributed by atoms with Crippen LogP contribution in [0.3, 0.4) is 0 Å². The van der Waals surface area contributed by atoms with Gasteiger partial charge in [-0.25, -0.2) is 4.39 Å². The van der Waals surface area contributed by atoms with Gasteiger partial charge in [-0.1, -0.05) is 60.7 Å². The number of benzene rings is 4. The number of methoxy groups -OCH3 is 1. The molecule has 32 heavy (non-hydrogen) atoms. The number of nitrogens with one attached hydrogen (secondary N) is 1. The van der Waals surface area contributed by atoms with Crippen molar-refractivity contribution >= 4 is 34.7 Å². The molecule has 0 aliphatic carbocycles. The van der Waals surface area contributed by atoms with E-state index in [4.69, 9.17) is 4.74 Å². The van der Waals surface area contributed by atoms with Crippen LogP contribution in [-0.4, -0.2) is 13.0 Å². The predicted molar refractivity (Wildman–Crippen MR) is 127 cm³/mol. The zero-order valence-corrected chi connectivity index (χ0v) is 18.3. The first-order chi connectivity index (χ1) is 15.5. The fourth-order valence-corrected chi connectivity index (χ4v) is 6.36. The number of halogens is 1. The average molecular weight is 445 g/mol. The maximum atomic E-state index is 14.7. The number of carbonyl (C=O) groups is 1. The zero-order chi connectivity index (χ0) is 22.6. The lowest BCUT2D eigenvalue weighted by molar-refractivity contribution is 0.102. The molecule has 0 bridgehead atoms. The van der Waals surface area contributed by atoms with Crippen molar-refractivity contribution in [2.24, 2.45) is 0 Å². The number of hydrogen-bond acceptors (Lipinski definition) is 3. The maximum absolute atomic E-state index is 14.7. The monoisotopic (exact) mass is 445 g/mol. The third kappa shape index (κ3) is 4.20. The van der Waals surface area contributed by atoms with Crippen LogP contribution in [0.2, 0.25) is 0 Å². The first-order valence-corrected chi connectivity index (χ1v) is 11.7. The largest absolute Gasteiger partial charge is 0.496 e. The highest BCUT2D eigenvalue weighted by Crippen LogP contribution is 2.45. The normalized spacial score (nSPS) is 11.1. The van der Waals surface area contributed by atoms with E-state index in [1.807, 2.05) is 60.7 Å². The molecule has 0 atom stereocenters. The Kier molecular flexibility index (Phi) is 6.20. The van der Waals surface area contributed by atoms with Crippen LogP contribution in [0, 0.1) is 5.82 Å².